The standard InChI is InChI=1S/C16H23N5O2/c1-12-8-13(2)21(17-12)11-16(22)20-6-4-19(5-7-20)10-15-9-14(3)23-18-15/h8-9H,4-7,10-11H2,1-3H3. The minimum atomic E-state index is 0.133. The van der Waals surface area contributed by atoms with Gasteiger partial charge in [0.15, 0.2) is 0 Å². The summed E-state index contributed by atoms with van der Waals surface area (Å²) in [7, 11) is 0. The maximum atomic E-state index is 12.4. The summed E-state index contributed by atoms with van der Waals surface area (Å²) < 4.78 is 6.87. The van der Waals surface area contributed by atoms with Gasteiger partial charge in [0.1, 0.15) is 12.3 Å². The monoisotopic (exact) mass is 317 g/mol. The number of piperazine rings is 1. The lowest BCUT2D eigenvalue weighted by Gasteiger charge is -2.34. The van der Waals surface area contributed by atoms with Crippen molar-refractivity contribution in [1.29, 1.82) is 0 Å². The number of amides is 1. The highest BCUT2D eigenvalue weighted by Crippen LogP contribution is 2.10. The Balaban J connectivity index is 1.50. The minimum absolute atomic E-state index is 0.133. The van der Waals surface area contributed by atoms with Crippen LogP contribution in [0.5, 0.6) is 0 Å². The van der Waals surface area contributed by atoms with Gasteiger partial charge in [-0.1, -0.05) is 5.16 Å². The number of carbonyl (C=O) groups is 1. The summed E-state index contributed by atoms with van der Waals surface area (Å²) in [6.07, 6.45) is 0. The van der Waals surface area contributed by atoms with Gasteiger partial charge in [0.25, 0.3) is 0 Å². The van der Waals surface area contributed by atoms with Crippen LogP contribution >= 0.6 is 0 Å². The zero-order valence-electron chi connectivity index (χ0n) is 13.9. The van der Waals surface area contributed by atoms with Gasteiger partial charge in [-0.25, -0.2) is 0 Å². The lowest BCUT2D eigenvalue weighted by molar-refractivity contribution is -0.133. The van der Waals surface area contributed by atoms with Crippen LogP contribution in [0.1, 0.15) is 22.8 Å². The molecule has 1 amide bonds. The van der Waals surface area contributed by atoms with Gasteiger partial charge in [0.2, 0.25) is 5.91 Å². The summed E-state index contributed by atoms with van der Waals surface area (Å²) in [6.45, 7) is 10.1. The maximum Gasteiger partial charge on any atom is 0.244 e. The van der Waals surface area contributed by atoms with Crippen molar-refractivity contribution in [3.63, 3.8) is 0 Å². The molecule has 23 heavy (non-hydrogen) atoms. The van der Waals surface area contributed by atoms with E-state index in [2.05, 4.69) is 15.2 Å². The van der Waals surface area contributed by atoms with Crippen LogP contribution in [-0.4, -0.2) is 56.8 Å². The van der Waals surface area contributed by atoms with Crippen molar-refractivity contribution in [2.45, 2.75) is 33.9 Å². The topological polar surface area (TPSA) is 67.4 Å². The SMILES string of the molecule is Cc1cc(C)n(CC(=O)N2CCN(Cc3cc(C)on3)CC2)n1. The van der Waals surface area contributed by atoms with Crippen LogP contribution in [0.2, 0.25) is 0 Å². The van der Waals surface area contributed by atoms with Crippen LogP contribution in [0.25, 0.3) is 0 Å². The first kappa shape index (κ1) is 15.7. The van der Waals surface area contributed by atoms with Gasteiger partial charge in [0.05, 0.1) is 11.4 Å². The number of carbonyl (C=O) groups excluding carboxylic acids is 1. The molecule has 0 atom stereocenters. The lowest BCUT2D eigenvalue weighted by Crippen LogP contribution is -2.49. The third-order valence-corrected chi connectivity index (χ3v) is 4.18. The number of hydrogen-bond acceptors (Lipinski definition) is 5. The van der Waals surface area contributed by atoms with Crippen molar-refractivity contribution in [1.82, 2.24) is 24.7 Å². The van der Waals surface area contributed by atoms with E-state index in [1.54, 1.807) is 4.68 Å². The van der Waals surface area contributed by atoms with Gasteiger partial charge < -0.3 is 9.42 Å². The highest BCUT2D eigenvalue weighted by Gasteiger charge is 2.22. The number of aryl methyl sites for hydroxylation is 3. The summed E-state index contributed by atoms with van der Waals surface area (Å²) in [6, 6.07) is 3.95. The van der Waals surface area contributed by atoms with Crippen LogP contribution in [0, 0.1) is 20.8 Å². The Bertz CT molecular complexity index is 682. The Hall–Kier alpha value is -2.15. The molecule has 2 aromatic heterocycles. The molecular formula is C16H23N5O2. The average molecular weight is 317 g/mol. The summed E-state index contributed by atoms with van der Waals surface area (Å²) in [4.78, 5) is 16.6. The Morgan fingerprint density at radius 3 is 2.48 bits per heavy atom. The van der Waals surface area contributed by atoms with Crippen molar-refractivity contribution in [3.05, 3.63) is 35.0 Å². The fourth-order valence-electron chi connectivity index (χ4n) is 2.94. The van der Waals surface area contributed by atoms with Crippen LogP contribution < -0.4 is 0 Å². The van der Waals surface area contributed by atoms with Gasteiger partial charge in [-0.2, -0.15) is 5.10 Å². The predicted octanol–water partition coefficient (Wildman–Crippen LogP) is 1.14. The molecule has 124 valence electrons. The maximum absolute atomic E-state index is 12.4. The molecule has 0 saturated carbocycles. The summed E-state index contributed by atoms with van der Waals surface area (Å²) >= 11 is 0. The zero-order chi connectivity index (χ0) is 16.4. The van der Waals surface area contributed by atoms with E-state index in [1.165, 1.54) is 0 Å². The van der Waals surface area contributed by atoms with Crippen molar-refractivity contribution in [2.24, 2.45) is 0 Å². The smallest absolute Gasteiger partial charge is 0.244 e. The van der Waals surface area contributed by atoms with E-state index in [0.29, 0.717) is 6.54 Å². The summed E-state index contributed by atoms with van der Waals surface area (Å²) in [5.74, 6) is 0.965. The van der Waals surface area contributed by atoms with E-state index in [1.807, 2.05) is 37.8 Å². The number of rotatable bonds is 4. The Labute approximate surface area is 135 Å². The molecule has 0 bridgehead atoms. The van der Waals surface area contributed by atoms with E-state index in [0.717, 1.165) is 55.6 Å². The molecule has 0 N–H and O–H groups in total. The fourth-order valence-corrected chi connectivity index (χ4v) is 2.94. The van der Waals surface area contributed by atoms with E-state index in [9.17, 15) is 4.79 Å². The highest BCUT2D eigenvalue weighted by molar-refractivity contribution is 5.76. The molecule has 1 saturated heterocycles. The molecule has 0 aliphatic carbocycles. The Morgan fingerprint density at radius 1 is 1.17 bits per heavy atom. The first-order valence-electron chi connectivity index (χ1n) is 7.94. The van der Waals surface area contributed by atoms with E-state index < -0.39 is 0 Å². The molecule has 1 aliphatic rings. The van der Waals surface area contributed by atoms with Crippen LogP contribution in [-0.2, 0) is 17.9 Å². The molecule has 0 unspecified atom stereocenters. The molecule has 1 fully saturated rings. The van der Waals surface area contributed by atoms with Crippen LogP contribution in [0.4, 0.5) is 0 Å². The van der Waals surface area contributed by atoms with Gasteiger partial charge in [-0.05, 0) is 26.8 Å². The third kappa shape index (κ3) is 3.79. The molecule has 1 aliphatic heterocycles. The minimum Gasteiger partial charge on any atom is -0.361 e. The van der Waals surface area contributed by atoms with Crippen LogP contribution in [0.3, 0.4) is 0 Å². The average Bonchev–Trinajstić information content (AvgIpc) is 3.05. The molecule has 2 aromatic rings. The molecule has 7 heteroatoms. The first-order chi connectivity index (χ1) is 11.0. The lowest BCUT2D eigenvalue weighted by atomic mass is 10.2. The quantitative estimate of drug-likeness (QED) is 0.846. The second kappa shape index (κ2) is 6.54. The van der Waals surface area contributed by atoms with Gasteiger partial charge in [-0.3, -0.25) is 14.4 Å². The second-order valence-corrected chi connectivity index (χ2v) is 6.17. The molecular weight excluding hydrogens is 294 g/mol. The fraction of sp³-hybridized carbons (Fsp3) is 0.562. The zero-order valence-corrected chi connectivity index (χ0v) is 13.9. The normalized spacial score (nSPS) is 16.0. The number of hydrogen-bond donors (Lipinski definition) is 0. The molecule has 3 heterocycles. The highest BCUT2D eigenvalue weighted by atomic mass is 16.5. The predicted molar refractivity (Wildman–Crippen MR) is 84.8 cm³/mol. The van der Waals surface area contributed by atoms with Crippen molar-refractivity contribution >= 4 is 5.91 Å². The number of aromatic nitrogens is 3. The molecule has 0 aromatic carbocycles. The second-order valence-electron chi connectivity index (χ2n) is 6.17. The third-order valence-electron chi connectivity index (χ3n) is 4.18. The molecule has 3 rings (SSSR count). The van der Waals surface area contributed by atoms with Gasteiger partial charge in [-0.15, -0.1) is 0 Å². The van der Waals surface area contributed by atoms with E-state index in [-0.39, 0.29) is 5.91 Å². The van der Waals surface area contributed by atoms with Gasteiger partial charge in [0, 0.05) is 44.5 Å². The molecule has 0 radical (unpaired) electrons. The number of nitrogens with zero attached hydrogens (tertiary/aromatic N) is 5. The Kier molecular flexibility index (Phi) is 4.47. The van der Waals surface area contributed by atoms with Crippen LogP contribution in [0.15, 0.2) is 16.7 Å². The Morgan fingerprint density at radius 2 is 1.91 bits per heavy atom. The molecule has 0 spiro atoms. The van der Waals surface area contributed by atoms with E-state index >= 15 is 0 Å². The van der Waals surface area contributed by atoms with Crippen molar-refractivity contribution in [3.8, 4) is 0 Å². The summed E-state index contributed by atoms with van der Waals surface area (Å²) in [5, 5.41) is 8.38. The van der Waals surface area contributed by atoms with E-state index in [4.69, 9.17) is 4.52 Å². The first-order valence-corrected chi connectivity index (χ1v) is 7.94. The van der Waals surface area contributed by atoms with Crippen molar-refractivity contribution in [2.75, 3.05) is 26.2 Å². The molecule has 7 nitrogen and oxygen atoms in total. The van der Waals surface area contributed by atoms with Crippen molar-refractivity contribution < 1.29 is 9.32 Å². The van der Waals surface area contributed by atoms with Gasteiger partial charge >= 0.3 is 0 Å². The summed E-state index contributed by atoms with van der Waals surface area (Å²) in [5.41, 5.74) is 2.92. The largest absolute Gasteiger partial charge is 0.361 e.